The summed E-state index contributed by atoms with van der Waals surface area (Å²) in [5.74, 6) is -1.69. The number of nitrogens with two attached hydrogens (primary N) is 1. The van der Waals surface area contributed by atoms with Gasteiger partial charge >= 0.3 is 0 Å². The summed E-state index contributed by atoms with van der Waals surface area (Å²) in [4.78, 5) is 0. The zero-order chi connectivity index (χ0) is 10.7. The second-order valence-electron chi connectivity index (χ2n) is 2.84. The molecule has 0 amide bonds. The van der Waals surface area contributed by atoms with Gasteiger partial charge in [-0.25, -0.2) is 13.2 Å². The Balaban J connectivity index is 3.04. The van der Waals surface area contributed by atoms with Crippen molar-refractivity contribution >= 4 is 11.6 Å². The fourth-order valence-electron chi connectivity index (χ4n) is 1.17. The molecule has 0 aliphatic rings. The van der Waals surface area contributed by atoms with Gasteiger partial charge in [0.2, 0.25) is 6.43 Å². The highest BCUT2D eigenvalue weighted by molar-refractivity contribution is 6.31. The van der Waals surface area contributed by atoms with E-state index in [1.807, 2.05) is 0 Å². The molecule has 14 heavy (non-hydrogen) atoms. The van der Waals surface area contributed by atoms with Gasteiger partial charge in [0.05, 0.1) is 5.92 Å². The second kappa shape index (κ2) is 4.66. The van der Waals surface area contributed by atoms with Crippen LogP contribution in [-0.4, -0.2) is 13.0 Å². The van der Waals surface area contributed by atoms with E-state index in [1.165, 1.54) is 6.07 Å². The van der Waals surface area contributed by atoms with E-state index in [0.717, 1.165) is 12.1 Å². The lowest BCUT2D eigenvalue weighted by atomic mass is 10.00. The van der Waals surface area contributed by atoms with Crippen molar-refractivity contribution in [1.29, 1.82) is 0 Å². The smallest absolute Gasteiger partial charge is 0.246 e. The van der Waals surface area contributed by atoms with Crippen LogP contribution in [0, 0.1) is 5.82 Å². The van der Waals surface area contributed by atoms with Crippen LogP contribution in [0.4, 0.5) is 13.2 Å². The molecular formula is C9H9ClF3N. The van der Waals surface area contributed by atoms with Gasteiger partial charge in [-0.3, -0.25) is 0 Å². The molecule has 0 heterocycles. The number of benzene rings is 1. The van der Waals surface area contributed by atoms with Gasteiger partial charge < -0.3 is 5.73 Å². The average molecular weight is 224 g/mol. The molecule has 5 heteroatoms. The normalized spacial score (nSPS) is 13.3. The van der Waals surface area contributed by atoms with E-state index in [4.69, 9.17) is 17.3 Å². The van der Waals surface area contributed by atoms with Crippen LogP contribution in [0.15, 0.2) is 18.2 Å². The molecular weight excluding hydrogens is 215 g/mol. The quantitative estimate of drug-likeness (QED) is 0.838. The molecule has 1 aromatic carbocycles. The maximum Gasteiger partial charge on any atom is 0.246 e. The molecule has 1 nitrogen and oxygen atoms in total. The predicted molar refractivity (Wildman–Crippen MR) is 49.2 cm³/mol. The minimum Gasteiger partial charge on any atom is -0.330 e. The molecule has 1 rings (SSSR count). The van der Waals surface area contributed by atoms with Crippen molar-refractivity contribution in [2.75, 3.05) is 6.54 Å². The molecule has 2 N–H and O–H groups in total. The molecule has 1 atom stereocenters. The first-order valence-electron chi connectivity index (χ1n) is 3.99. The van der Waals surface area contributed by atoms with Gasteiger partial charge in [0.25, 0.3) is 0 Å². The lowest BCUT2D eigenvalue weighted by molar-refractivity contribution is 0.117. The average Bonchev–Trinajstić information content (AvgIpc) is 2.09. The standard InChI is InChI=1S/C9H9ClF3N/c10-8-3-5(11)1-2-6(8)7(4-14)9(12)13/h1-3,7,9H,4,14H2. The van der Waals surface area contributed by atoms with E-state index in [1.54, 1.807) is 0 Å². The van der Waals surface area contributed by atoms with Crippen molar-refractivity contribution in [3.8, 4) is 0 Å². The molecule has 0 aromatic heterocycles. The zero-order valence-corrected chi connectivity index (χ0v) is 7.94. The SMILES string of the molecule is NCC(c1ccc(F)cc1Cl)C(F)F. The van der Waals surface area contributed by atoms with Crippen LogP contribution in [0.2, 0.25) is 5.02 Å². The van der Waals surface area contributed by atoms with E-state index in [-0.39, 0.29) is 17.1 Å². The van der Waals surface area contributed by atoms with Gasteiger partial charge in [0.1, 0.15) is 5.82 Å². The minimum absolute atomic E-state index is 0.0132. The fourth-order valence-corrected chi connectivity index (χ4v) is 1.48. The zero-order valence-electron chi connectivity index (χ0n) is 7.18. The Labute approximate surface area is 84.7 Å². The predicted octanol–water partition coefficient (Wildman–Crippen LogP) is 2.79. The van der Waals surface area contributed by atoms with Crippen molar-refractivity contribution < 1.29 is 13.2 Å². The molecule has 78 valence electrons. The van der Waals surface area contributed by atoms with Gasteiger partial charge in [-0.1, -0.05) is 17.7 Å². The summed E-state index contributed by atoms with van der Waals surface area (Å²) in [7, 11) is 0. The van der Waals surface area contributed by atoms with Crippen LogP contribution in [0.25, 0.3) is 0 Å². The molecule has 0 bridgehead atoms. The van der Waals surface area contributed by atoms with Crippen molar-refractivity contribution in [2.45, 2.75) is 12.3 Å². The van der Waals surface area contributed by atoms with Gasteiger partial charge in [-0.05, 0) is 17.7 Å². The van der Waals surface area contributed by atoms with Crippen molar-refractivity contribution in [2.24, 2.45) is 5.73 Å². The van der Waals surface area contributed by atoms with Crippen molar-refractivity contribution in [3.63, 3.8) is 0 Å². The van der Waals surface area contributed by atoms with E-state index in [9.17, 15) is 13.2 Å². The van der Waals surface area contributed by atoms with Crippen LogP contribution < -0.4 is 5.73 Å². The van der Waals surface area contributed by atoms with E-state index >= 15 is 0 Å². The maximum atomic E-state index is 12.6. The Morgan fingerprint density at radius 2 is 2.00 bits per heavy atom. The monoisotopic (exact) mass is 223 g/mol. The van der Waals surface area contributed by atoms with Gasteiger partial charge in [-0.2, -0.15) is 0 Å². The fraction of sp³-hybridized carbons (Fsp3) is 0.333. The lowest BCUT2D eigenvalue weighted by Gasteiger charge is -2.15. The molecule has 1 unspecified atom stereocenters. The van der Waals surface area contributed by atoms with Gasteiger partial charge in [0, 0.05) is 11.6 Å². The molecule has 1 aromatic rings. The first kappa shape index (κ1) is 11.3. The Bertz CT molecular complexity index is 317. The second-order valence-corrected chi connectivity index (χ2v) is 3.25. The molecule has 0 saturated carbocycles. The molecule has 0 spiro atoms. The maximum absolute atomic E-state index is 12.6. The third kappa shape index (κ3) is 2.39. The number of halogens is 4. The summed E-state index contributed by atoms with van der Waals surface area (Å²) in [6, 6.07) is 3.33. The Hall–Kier alpha value is -0.740. The molecule has 0 radical (unpaired) electrons. The highest BCUT2D eigenvalue weighted by Gasteiger charge is 2.23. The first-order valence-corrected chi connectivity index (χ1v) is 4.37. The highest BCUT2D eigenvalue weighted by atomic mass is 35.5. The highest BCUT2D eigenvalue weighted by Crippen LogP contribution is 2.29. The number of rotatable bonds is 3. The summed E-state index contributed by atoms with van der Waals surface area (Å²) >= 11 is 5.62. The molecule has 0 saturated heterocycles. The number of hydrogen-bond donors (Lipinski definition) is 1. The third-order valence-corrected chi connectivity index (χ3v) is 2.25. The summed E-state index contributed by atoms with van der Waals surface area (Å²) < 4.78 is 37.5. The first-order chi connectivity index (χ1) is 6.56. The molecule has 0 aliphatic heterocycles. The van der Waals surface area contributed by atoms with Crippen LogP contribution in [0.1, 0.15) is 11.5 Å². The number of alkyl halides is 2. The number of hydrogen-bond acceptors (Lipinski definition) is 1. The van der Waals surface area contributed by atoms with Crippen molar-refractivity contribution in [1.82, 2.24) is 0 Å². The van der Waals surface area contributed by atoms with Gasteiger partial charge in [-0.15, -0.1) is 0 Å². The van der Waals surface area contributed by atoms with Crippen LogP contribution >= 0.6 is 11.6 Å². The Kier molecular flexibility index (Phi) is 3.77. The minimum atomic E-state index is -2.59. The molecule has 0 aliphatic carbocycles. The lowest BCUT2D eigenvalue weighted by Crippen LogP contribution is -2.20. The topological polar surface area (TPSA) is 26.0 Å². The van der Waals surface area contributed by atoms with E-state index in [0.29, 0.717) is 0 Å². The summed E-state index contributed by atoms with van der Waals surface area (Å²) in [5, 5.41) is -0.0132. The van der Waals surface area contributed by atoms with Crippen LogP contribution in [0.5, 0.6) is 0 Å². The summed E-state index contributed by atoms with van der Waals surface area (Å²) in [6.07, 6.45) is -2.59. The third-order valence-electron chi connectivity index (χ3n) is 1.92. The van der Waals surface area contributed by atoms with Crippen LogP contribution in [-0.2, 0) is 0 Å². The van der Waals surface area contributed by atoms with E-state index < -0.39 is 18.2 Å². The largest absolute Gasteiger partial charge is 0.330 e. The van der Waals surface area contributed by atoms with Crippen molar-refractivity contribution in [3.05, 3.63) is 34.6 Å². The molecule has 0 fully saturated rings. The van der Waals surface area contributed by atoms with E-state index in [2.05, 4.69) is 0 Å². The van der Waals surface area contributed by atoms with Crippen LogP contribution in [0.3, 0.4) is 0 Å². The summed E-state index contributed by atoms with van der Waals surface area (Å²) in [5.41, 5.74) is 5.37. The Morgan fingerprint density at radius 1 is 1.36 bits per heavy atom. The Morgan fingerprint density at radius 3 is 2.43 bits per heavy atom. The van der Waals surface area contributed by atoms with Gasteiger partial charge in [0.15, 0.2) is 0 Å². The summed E-state index contributed by atoms with van der Waals surface area (Å²) in [6.45, 7) is -0.219.